The van der Waals surface area contributed by atoms with Gasteiger partial charge in [-0.15, -0.1) is 0 Å². The van der Waals surface area contributed by atoms with Gasteiger partial charge in [0, 0.05) is 49.9 Å². The van der Waals surface area contributed by atoms with Crippen LogP contribution in [0.5, 0.6) is 5.75 Å². The van der Waals surface area contributed by atoms with E-state index < -0.39 is 6.04 Å². The first kappa shape index (κ1) is 24.5. The molecule has 2 amide bonds. The Hall–Kier alpha value is -3.65. The predicted octanol–water partition coefficient (Wildman–Crippen LogP) is 3.42. The number of aromatic hydroxyl groups is 1. The van der Waals surface area contributed by atoms with Gasteiger partial charge < -0.3 is 19.7 Å². The standard InChI is InChI=1S/C27H32N4O4/c1-18(2)27(34)31-19(3)15-30(16-22-24(32)6-4-12-28-22)17-23(31)26(33)29-14-20-8-10-21(11-9-20)25-7-5-13-35-25/h4-13,18-19,23,32H,14-17H2,1-3H3,(H,29,33). The molecule has 1 fully saturated rings. The molecule has 0 spiro atoms. The normalized spacial score (nSPS) is 18.6. The number of carbonyl (C=O) groups excluding carboxylic acids is 2. The SMILES string of the molecule is CC(C)C(=O)N1C(C)CN(Cc2ncccc2O)CC1C(=O)NCc1ccc(-c2ccco2)cc1. The highest BCUT2D eigenvalue weighted by Crippen LogP contribution is 2.23. The van der Waals surface area contributed by atoms with E-state index in [-0.39, 0.29) is 29.5 Å². The van der Waals surface area contributed by atoms with Crippen molar-refractivity contribution < 1.29 is 19.1 Å². The first-order valence-corrected chi connectivity index (χ1v) is 11.9. The number of benzene rings is 1. The number of aromatic nitrogens is 1. The second kappa shape index (κ2) is 10.7. The van der Waals surface area contributed by atoms with E-state index in [4.69, 9.17) is 4.42 Å². The third-order valence-corrected chi connectivity index (χ3v) is 6.28. The van der Waals surface area contributed by atoms with Gasteiger partial charge in [-0.05, 0) is 36.8 Å². The van der Waals surface area contributed by atoms with Crippen LogP contribution in [0.4, 0.5) is 0 Å². The van der Waals surface area contributed by atoms with E-state index in [0.717, 1.165) is 16.9 Å². The number of nitrogens with zero attached hydrogens (tertiary/aromatic N) is 3. The van der Waals surface area contributed by atoms with Gasteiger partial charge >= 0.3 is 0 Å². The van der Waals surface area contributed by atoms with Crippen LogP contribution < -0.4 is 5.32 Å². The molecule has 1 aromatic carbocycles. The van der Waals surface area contributed by atoms with Gasteiger partial charge in [0.2, 0.25) is 11.8 Å². The van der Waals surface area contributed by atoms with Gasteiger partial charge in [0.05, 0.1) is 12.0 Å². The molecule has 2 atom stereocenters. The molecule has 3 heterocycles. The molecule has 4 rings (SSSR count). The number of hydrogen-bond acceptors (Lipinski definition) is 6. The van der Waals surface area contributed by atoms with Crippen molar-refractivity contribution in [1.82, 2.24) is 20.1 Å². The van der Waals surface area contributed by atoms with Crippen molar-refractivity contribution >= 4 is 11.8 Å². The van der Waals surface area contributed by atoms with Crippen molar-refractivity contribution in [2.75, 3.05) is 13.1 Å². The third kappa shape index (κ3) is 5.71. The number of amides is 2. The number of carbonyl (C=O) groups is 2. The summed E-state index contributed by atoms with van der Waals surface area (Å²) in [6, 6.07) is 14.1. The molecule has 2 aromatic heterocycles. The number of nitrogens with one attached hydrogen (secondary N) is 1. The zero-order valence-corrected chi connectivity index (χ0v) is 20.3. The summed E-state index contributed by atoms with van der Waals surface area (Å²) in [6.45, 7) is 7.37. The molecule has 8 nitrogen and oxygen atoms in total. The Labute approximate surface area is 205 Å². The molecule has 1 aliphatic rings. The molecule has 2 N–H and O–H groups in total. The lowest BCUT2D eigenvalue weighted by Crippen LogP contribution is -2.64. The minimum Gasteiger partial charge on any atom is -0.506 e. The lowest BCUT2D eigenvalue weighted by molar-refractivity contribution is -0.150. The zero-order valence-electron chi connectivity index (χ0n) is 20.3. The first-order chi connectivity index (χ1) is 16.8. The van der Waals surface area contributed by atoms with Crippen molar-refractivity contribution in [1.29, 1.82) is 0 Å². The van der Waals surface area contributed by atoms with E-state index >= 15 is 0 Å². The van der Waals surface area contributed by atoms with E-state index in [9.17, 15) is 14.7 Å². The Morgan fingerprint density at radius 3 is 2.57 bits per heavy atom. The molecule has 3 aromatic rings. The fourth-order valence-corrected chi connectivity index (χ4v) is 4.48. The Morgan fingerprint density at radius 1 is 1.14 bits per heavy atom. The van der Waals surface area contributed by atoms with Crippen LogP contribution in [0.1, 0.15) is 32.0 Å². The Balaban J connectivity index is 1.46. The molecule has 2 unspecified atom stereocenters. The Morgan fingerprint density at radius 2 is 1.91 bits per heavy atom. The van der Waals surface area contributed by atoms with Crippen molar-refractivity contribution in [2.45, 2.75) is 45.9 Å². The molecule has 8 heteroatoms. The van der Waals surface area contributed by atoms with Crippen LogP contribution in [0.25, 0.3) is 11.3 Å². The van der Waals surface area contributed by atoms with Crippen LogP contribution in [-0.4, -0.2) is 56.9 Å². The molecule has 1 saturated heterocycles. The molecule has 35 heavy (non-hydrogen) atoms. The van der Waals surface area contributed by atoms with Crippen molar-refractivity contribution in [3.63, 3.8) is 0 Å². The molecule has 184 valence electrons. The van der Waals surface area contributed by atoms with Crippen LogP contribution in [0.15, 0.2) is 65.4 Å². The van der Waals surface area contributed by atoms with E-state index in [1.165, 1.54) is 0 Å². The highest BCUT2D eigenvalue weighted by Gasteiger charge is 2.40. The number of hydrogen-bond donors (Lipinski definition) is 2. The summed E-state index contributed by atoms with van der Waals surface area (Å²) >= 11 is 0. The zero-order chi connectivity index (χ0) is 24.9. The summed E-state index contributed by atoms with van der Waals surface area (Å²) in [5.41, 5.74) is 2.47. The minimum absolute atomic E-state index is 0.0409. The summed E-state index contributed by atoms with van der Waals surface area (Å²) in [6.07, 6.45) is 3.27. The molecule has 0 bridgehead atoms. The minimum atomic E-state index is -0.637. The van der Waals surface area contributed by atoms with Crippen molar-refractivity contribution in [3.8, 4) is 17.1 Å². The van der Waals surface area contributed by atoms with Gasteiger partial charge in [-0.1, -0.05) is 38.1 Å². The topological polar surface area (TPSA) is 98.9 Å². The van der Waals surface area contributed by atoms with Gasteiger partial charge in [-0.2, -0.15) is 0 Å². The number of piperazine rings is 1. The second-order valence-corrected chi connectivity index (χ2v) is 9.32. The summed E-state index contributed by atoms with van der Waals surface area (Å²) in [5.74, 6) is 0.462. The van der Waals surface area contributed by atoms with Crippen LogP contribution in [-0.2, 0) is 22.7 Å². The van der Waals surface area contributed by atoms with Gasteiger partial charge in [0.1, 0.15) is 17.6 Å². The van der Waals surface area contributed by atoms with E-state index in [1.54, 1.807) is 29.5 Å². The molecule has 0 saturated carbocycles. The second-order valence-electron chi connectivity index (χ2n) is 9.32. The number of pyridine rings is 1. The summed E-state index contributed by atoms with van der Waals surface area (Å²) < 4.78 is 5.43. The van der Waals surface area contributed by atoms with Crippen LogP contribution in [0.3, 0.4) is 0 Å². The number of rotatable bonds is 7. The fourth-order valence-electron chi connectivity index (χ4n) is 4.48. The third-order valence-electron chi connectivity index (χ3n) is 6.28. The maximum Gasteiger partial charge on any atom is 0.244 e. The first-order valence-electron chi connectivity index (χ1n) is 11.9. The Kier molecular flexibility index (Phi) is 7.51. The number of furan rings is 1. The van der Waals surface area contributed by atoms with E-state index in [1.807, 2.05) is 57.2 Å². The van der Waals surface area contributed by atoms with Crippen LogP contribution in [0.2, 0.25) is 0 Å². The smallest absolute Gasteiger partial charge is 0.244 e. The van der Waals surface area contributed by atoms with Gasteiger partial charge in [-0.25, -0.2) is 0 Å². The quantitative estimate of drug-likeness (QED) is 0.542. The Bertz CT molecular complexity index is 1140. The monoisotopic (exact) mass is 476 g/mol. The average Bonchev–Trinajstić information content (AvgIpc) is 3.38. The van der Waals surface area contributed by atoms with Crippen LogP contribution in [0, 0.1) is 5.92 Å². The molecular formula is C27H32N4O4. The van der Waals surface area contributed by atoms with Crippen LogP contribution >= 0.6 is 0 Å². The maximum atomic E-state index is 13.4. The van der Waals surface area contributed by atoms with Crippen molar-refractivity contribution in [3.05, 3.63) is 72.2 Å². The van der Waals surface area contributed by atoms with Gasteiger partial charge in [0.25, 0.3) is 0 Å². The lowest BCUT2D eigenvalue weighted by Gasteiger charge is -2.45. The van der Waals surface area contributed by atoms with Gasteiger partial charge in [0.15, 0.2) is 0 Å². The van der Waals surface area contributed by atoms with E-state index in [2.05, 4.69) is 15.2 Å². The molecular weight excluding hydrogens is 444 g/mol. The largest absolute Gasteiger partial charge is 0.506 e. The maximum absolute atomic E-state index is 13.4. The van der Waals surface area contributed by atoms with Crippen molar-refractivity contribution in [2.24, 2.45) is 5.92 Å². The fraction of sp³-hybridized carbons (Fsp3) is 0.370. The van der Waals surface area contributed by atoms with E-state index in [0.29, 0.717) is 31.9 Å². The summed E-state index contributed by atoms with van der Waals surface area (Å²) in [5, 5.41) is 13.2. The predicted molar refractivity (Wildman–Crippen MR) is 132 cm³/mol. The highest BCUT2D eigenvalue weighted by atomic mass is 16.3. The average molecular weight is 477 g/mol. The lowest BCUT2D eigenvalue weighted by atomic mass is 10.0. The molecule has 0 aliphatic carbocycles. The molecule has 1 aliphatic heterocycles. The van der Waals surface area contributed by atoms with Gasteiger partial charge in [-0.3, -0.25) is 19.5 Å². The summed E-state index contributed by atoms with van der Waals surface area (Å²) in [7, 11) is 0. The highest BCUT2D eigenvalue weighted by molar-refractivity contribution is 5.89. The molecule has 0 radical (unpaired) electrons. The summed E-state index contributed by atoms with van der Waals surface area (Å²) in [4.78, 5) is 34.5.